The molecule has 1 rings (SSSR count). The second-order valence-corrected chi connectivity index (χ2v) is 4.33. The van der Waals surface area contributed by atoms with Gasteiger partial charge < -0.3 is 4.74 Å². The van der Waals surface area contributed by atoms with Gasteiger partial charge in [0.05, 0.1) is 5.60 Å². The Morgan fingerprint density at radius 1 is 1.50 bits per heavy atom. The Kier molecular flexibility index (Phi) is 2.94. The van der Waals surface area contributed by atoms with Crippen LogP contribution in [0.2, 0.25) is 0 Å². The predicted octanol–water partition coefficient (Wildman–Crippen LogP) is 3.16. The van der Waals surface area contributed by atoms with Crippen molar-refractivity contribution in [3.05, 3.63) is 11.6 Å². The number of hydrogen-bond acceptors (Lipinski definition) is 1. The number of methoxy groups -OCH3 is 1. The average molecular weight is 168 g/mol. The van der Waals surface area contributed by atoms with Crippen molar-refractivity contribution in [3.8, 4) is 0 Å². The molecule has 0 saturated heterocycles. The highest BCUT2D eigenvalue weighted by Crippen LogP contribution is 2.33. The van der Waals surface area contributed by atoms with E-state index in [0.29, 0.717) is 5.92 Å². The summed E-state index contributed by atoms with van der Waals surface area (Å²) in [6, 6.07) is 0. The zero-order chi connectivity index (χ0) is 9.19. The normalized spacial score (nSPS) is 25.3. The van der Waals surface area contributed by atoms with Crippen molar-refractivity contribution < 1.29 is 4.74 Å². The van der Waals surface area contributed by atoms with Crippen LogP contribution in [0.3, 0.4) is 0 Å². The number of allylic oxidation sites excluding steroid dienone is 2. The third kappa shape index (κ3) is 2.10. The standard InChI is InChI=1S/C11H20O/c1-9-5-7-10(8-6-9)11(2,3)12-4/h5,10H,6-8H2,1-4H3/t10-/m0/s1. The summed E-state index contributed by atoms with van der Waals surface area (Å²) in [5, 5.41) is 0. The zero-order valence-corrected chi connectivity index (χ0v) is 8.68. The molecule has 1 aliphatic rings. The summed E-state index contributed by atoms with van der Waals surface area (Å²) in [5.74, 6) is 0.700. The lowest BCUT2D eigenvalue weighted by molar-refractivity contribution is -0.0312. The van der Waals surface area contributed by atoms with Gasteiger partial charge in [-0.15, -0.1) is 0 Å². The second kappa shape index (κ2) is 3.61. The summed E-state index contributed by atoms with van der Waals surface area (Å²) in [7, 11) is 1.81. The Morgan fingerprint density at radius 3 is 2.58 bits per heavy atom. The quantitative estimate of drug-likeness (QED) is 0.575. The van der Waals surface area contributed by atoms with E-state index in [1.165, 1.54) is 24.8 Å². The number of rotatable bonds is 2. The largest absolute Gasteiger partial charge is 0.379 e. The van der Waals surface area contributed by atoms with Gasteiger partial charge in [-0.25, -0.2) is 0 Å². The van der Waals surface area contributed by atoms with E-state index in [2.05, 4.69) is 26.8 Å². The smallest absolute Gasteiger partial charge is 0.0653 e. The predicted molar refractivity (Wildman–Crippen MR) is 52.2 cm³/mol. The number of ether oxygens (including phenoxy) is 1. The van der Waals surface area contributed by atoms with Crippen LogP contribution in [0.1, 0.15) is 40.0 Å². The van der Waals surface area contributed by atoms with Crippen molar-refractivity contribution in [2.24, 2.45) is 5.92 Å². The minimum absolute atomic E-state index is 0.0528. The van der Waals surface area contributed by atoms with Crippen LogP contribution in [0.4, 0.5) is 0 Å². The van der Waals surface area contributed by atoms with E-state index in [1.54, 1.807) is 0 Å². The molecule has 0 amide bonds. The van der Waals surface area contributed by atoms with Gasteiger partial charge in [-0.2, -0.15) is 0 Å². The van der Waals surface area contributed by atoms with Gasteiger partial charge in [-0.3, -0.25) is 0 Å². The highest BCUT2D eigenvalue weighted by Gasteiger charge is 2.29. The van der Waals surface area contributed by atoms with Crippen molar-refractivity contribution in [1.29, 1.82) is 0 Å². The molecule has 0 bridgehead atoms. The minimum Gasteiger partial charge on any atom is -0.379 e. The molecule has 0 aliphatic heterocycles. The molecule has 0 aromatic carbocycles. The maximum Gasteiger partial charge on any atom is 0.0653 e. The maximum absolute atomic E-state index is 5.48. The molecule has 1 aliphatic carbocycles. The zero-order valence-electron chi connectivity index (χ0n) is 8.68. The molecule has 0 heterocycles. The summed E-state index contributed by atoms with van der Waals surface area (Å²) in [4.78, 5) is 0. The first-order valence-electron chi connectivity index (χ1n) is 4.77. The van der Waals surface area contributed by atoms with Crippen LogP contribution < -0.4 is 0 Å². The van der Waals surface area contributed by atoms with Gasteiger partial charge in [0.2, 0.25) is 0 Å². The van der Waals surface area contributed by atoms with E-state index < -0.39 is 0 Å². The maximum atomic E-state index is 5.48. The van der Waals surface area contributed by atoms with E-state index in [4.69, 9.17) is 4.74 Å². The van der Waals surface area contributed by atoms with Gasteiger partial charge in [0.1, 0.15) is 0 Å². The van der Waals surface area contributed by atoms with Gasteiger partial charge in [-0.1, -0.05) is 11.6 Å². The van der Waals surface area contributed by atoms with Crippen LogP contribution in [0.5, 0.6) is 0 Å². The fourth-order valence-corrected chi connectivity index (χ4v) is 1.76. The first-order chi connectivity index (χ1) is 5.56. The molecule has 0 radical (unpaired) electrons. The summed E-state index contributed by atoms with van der Waals surface area (Å²) in [6.07, 6.45) is 6.07. The van der Waals surface area contributed by atoms with Gasteiger partial charge in [-0.05, 0) is 46.0 Å². The number of hydrogen-bond donors (Lipinski definition) is 0. The lowest BCUT2D eigenvalue weighted by Crippen LogP contribution is -2.34. The van der Waals surface area contributed by atoms with Crippen molar-refractivity contribution in [2.45, 2.75) is 45.6 Å². The molecule has 1 atom stereocenters. The van der Waals surface area contributed by atoms with E-state index in [0.717, 1.165) is 0 Å². The summed E-state index contributed by atoms with van der Waals surface area (Å²) in [6.45, 7) is 6.59. The van der Waals surface area contributed by atoms with E-state index in [1.807, 2.05) is 7.11 Å². The van der Waals surface area contributed by atoms with Crippen molar-refractivity contribution >= 4 is 0 Å². The second-order valence-electron chi connectivity index (χ2n) is 4.33. The molecule has 0 unspecified atom stereocenters. The van der Waals surface area contributed by atoms with Crippen LogP contribution in [0.15, 0.2) is 11.6 Å². The topological polar surface area (TPSA) is 9.23 Å². The SMILES string of the molecule is COC(C)(C)[C@H]1CC=C(C)CC1. The Balaban J connectivity index is 2.56. The summed E-state index contributed by atoms with van der Waals surface area (Å²) < 4.78 is 5.48. The van der Waals surface area contributed by atoms with Crippen molar-refractivity contribution in [3.63, 3.8) is 0 Å². The Hall–Kier alpha value is -0.300. The van der Waals surface area contributed by atoms with E-state index >= 15 is 0 Å². The molecule has 0 spiro atoms. The molecule has 0 aromatic rings. The Bertz CT molecular complexity index is 179. The fourth-order valence-electron chi connectivity index (χ4n) is 1.76. The molecule has 12 heavy (non-hydrogen) atoms. The Labute approximate surface area is 75.8 Å². The van der Waals surface area contributed by atoms with Crippen molar-refractivity contribution in [2.75, 3.05) is 7.11 Å². The van der Waals surface area contributed by atoms with Crippen LogP contribution in [0, 0.1) is 5.92 Å². The van der Waals surface area contributed by atoms with Crippen molar-refractivity contribution in [1.82, 2.24) is 0 Å². The lowest BCUT2D eigenvalue weighted by atomic mass is 9.80. The first-order valence-corrected chi connectivity index (χ1v) is 4.77. The van der Waals surface area contributed by atoms with Crippen LogP contribution in [0.25, 0.3) is 0 Å². The molecule has 0 saturated carbocycles. The summed E-state index contributed by atoms with van der Waals surface area (Å²) >= 11 is 0. The van der Waals surface area contributed by atoms with Gasteiger partial charge in [0.15, 0.2) is 0 Å². The Morgan fingerprint density at radius 2 is 2.17 bits per heavy atom. The molecule has 0 fully saturated rings. The van der Waals surface area contributed by atoms with E-state index in [9.17, 15) is 0 Å². The molecule has 1 nitrogen and oxygen atoms in total. The molecule has 1 heteroatoms. The van der Waals surface area contributed by atoms with Crippen LogP contribution in [-0.2, 0) is 4.74 Å². The highest BCUT2D eigenvalue weighted by atomic mass is 16.5. The third-order valence-corrected chi connectivity index (χ3v) is 3.15. The molecule has 70 valence electrons. The van der Waals surface area contributed by atoms with Crippen LogP contribution >= 0.6 is 0 Å². The third-order valence-electron chi connectivity index (χ3n) is 3.15. The summed E-state index contributed by atoms with van der Waals surface area (Å²) in [5.41, 5.74) is 1.59. The molecular formula is C11H20O. The minimum atomic E-state index is 0.0528. The van der Waals surface area contributed by atoms with Crippen LogP contribution in [-0.4, -0.2) is 12.7 Å². The van der Waals surface area contributed by atoms with Gasteiger partial charge >= 0.3 is 0 Å². The highest BCUT2D eigenvalue weighted by molar-refractivity contribution is 5.05. The fraction of sp³-hybridized carbons (Fsp3) is 0.818. The molecule has 0 aromatic heterocycles. The van der Waals surface area contributed by atoms with E-state index in [-0.39, 0.29) is 5.60 Å². The van der Waals surface area contributed by atoms with Gasteiger partial charge in [0.25, 0.3) is 0 Å². The first kappa shape index (κ1) is 9.79. The molecular weight excluding hydrogens is 148 g/mol. The van der Waals surface area contributed by atoms with Gasteiger partial charge in [0, 0.05) is 7.11 Å². The lowest BCUT2D eigenvalue weighted by Gasteiger charge is -2.34. The molecule has 0 N–H and O–H groups in total. The monoisotopic (exact) mass is 168 g/mol. The average Bonchev–Trinajstić information content (AvgIpc) is 2.05.